The number of aryl methyl sites for hydroxylation is 1. The first-order chi connectivity index (χ1) is 16.3. The quantitative estimate of drug-likeness (QED) is 0.655. The minimum atomic E-state index is -0.368. The molecule has 2 bridgehead atoms. The van der Waals surface area contributed by atoms with Gasteiger partial charge >= 0.3 is 12.0 Å². The average Bonchev–Trinajstić information content (AvgIpc) is 3.27. The van der Waals surface area contributed by atoms with Crippen LogP contribution in [0.3, 0.4) is 0 Å². The molecule has 0 radical (unpaired) electrons. The van der Waals surface area contributed by atoms with Crippen LogP contribution in [-0.2, 0) is 27.4 Å². The number of likely N-dealkylation sites (N-methyl/N-ethyl adjacent to an activating group) is 1. The molecule has 1 aromatic carbocycles. The zero-order valence-electron chi connectivity index (χ0n) is 19.9. The van der Waals surface area contributed by atoms with Gasteiger partial charge in [0.25, 0.3) is 0 Å². The van der Waals surface area contributed by atoms with Crippen molar-refractivity contribution in [2.24, 2.45) is 5.92 Å². The molecule has 1 aromatic heterocycles. The van der Waals surface area contributed by atoms with Gasteiger partial charge in [0, 0.05) is 44.8 Å². The van der Waals surface area contributed by atoms with E-state index >= 15 is 0 Å². The van der Waals surface area contributed by atoms with Crippen molar-refractivity contribution in [2.45, 2.75) is 52.0 Å². The molecular formula is C23H33FN6O4. The summed E-state index contributed by atoms with van der Waals surface area (Å²) in [6.07, 6.45) is 2.43. The number of benzene rings is 1. The number of carbonyl (C=O) groups excluding carboxylic acids is 2. The lowest BCUT2D eigenvalue weighted by Gasteiger charge is -2.30. The van der Waals surface area contributed by atoms with Gasteiger partial charge in [-0.2, -0.15) is 0 Å². The summed E-state index contributed by atoms with van der Waals surface area (Å²) < 4.78 is 26.3. The molecule has 2 heterocycles. The standard InChI is InChI=1S/C23H33FN6O4/c1-16-11-25-17(2)14-34-22(31)5-4-10-30-12-20(27-28-30)15-33-21(16)13-29(3)23(32)26-19-8-6-18(24)7-9-19/h6-9,12,16-17,21,25H,4-5,10-11,13-15H2,1-3H3,(H,26,32)/t16-,17-,21-/m1/s1. The first kappa shape index (κ1) is 25.6. The zero-order chi connectivity index (χ0) is 24.5. The molecule has 186 valence electrons. The number of anilines is 1. The van der Waals surface area contributed by atoms with Crippen LogP contribution in [0, 0.1) is 11.7 Å². The van der Waals surface area contributed by atoms with Crippen LogP contribution in [0.25, 0.3) is 0 Å². The maximum absolute atomic E-state index is 13.1. The monoisotopic (exact) mass is 476 g/mol. The molecule has 34 heavy (non-hydrogen) atoms. The Balaban J connectivity index is 1.65. The van der Waals surface area contributed by atoms with Gasteiger partial charge in [-0.3, -0.25) is 9.48 Å². The summed E-state index contributed by atoms with van der Waals surface area (Å²) in [6, 6.07) is 5.25. The van der Waals surface area contributed by atoms with Crippen molar-refractivity contribution < 1.29 is 23.5 Å². The molecule has 0 unspecified atom stereocenters. The van der Waals surface area contributed by atoms with Gasteiger partial charge in [-0.15, -0.1) is 5.10 Å². The highest BCUT2D eigenvalue weighted by Crippen LogP contribution is 2.14. The van der Waals surface area contributed by atoms with Crippen molar-refractivity contribution in [2.75, 3.05) is 32.1 Å². The number of halogens is 1. The van der Waals surface area contributed by atoms with Crippen molar-refractivity contribution in [1.29, 1.82) is 0 Å². The molecule has 1 aliphatic heterocycles. The number of nitrogens with zero attached hydrogens (tertiary/aromatic N) is 4. The van der Waals surface area contributed by atoms with E-state index < -0.39 is 0 Å². The highest BCUT2D eigenvalue weighted by atomic mass is 19.1. The SMILES string of the molecule is C[C@@H]1COC(=O)CCCn2cc(nn2)CO[C@H](CN(C)C(=O)Nc2ccc(F)cc2)[C@H](C)CN1. The Morgan fingerprint density at radius 1 is 1.32 bits per heavy atom. The van der Waals surface area contributed by atoms with Gasteiger partial charge in [0.2, 0.25) is 0 Å². The van der Waals surface area contributed by atoms with Gasteiger partial charge < -0.3 is 25.0 Å². The molecule has 10 nitrogen and oxygen atoms in total. The zero-order valence-corrected chi connectivity index (χ0v) is 19.9. The summed E-state index contributed by atoms with van der Waals surface area (Å²) in [7, 11) is 1.68. The summed E-state index contributed by atoms with van der Waals surface area (Å²) in [5.74, 6) is -0.570. The summed E-state index contributed by atoms with van der Waals surface area (Å²) in [6.45, 7) is 6.00. The molecule has 0 spiro atoms. The summed E-state index contributed by atoms with van der Waals surface area (Å²) >= 11 is 0. The number of cyclic esters (lactones) is 1. The Morgan fingerprint density at radius 2 is 2.09 bits per heavy atom. The Hall–Kier alpha value is -3.05. The topological polar surface area (TPSA) is 111 Å². The van der Waals surface area contributed by atoms with E-state index in [4.69, 9.17) is 9.47 Å². The fraction of sp³-hybridized carbons (Fsp3) is 0.565. The number of esters is 1. The van der Waals surface area contributed by atoms with Crippen LogP contribution in [0.1, 0.15) is 32.4 Å². The second kappa shape index (κ2) is 12.4. The van der Waals surface area contributed by atoms with Crippen LogP contribution in [-0.4, -0.2) is 70.8 Å². The van der Waals surface area contributed by atoms with Crippen LogP contribution in [0.5, 0.6) is 0 Å². The Labute approximate surface area is 198 Å². The first-order valence-corrected chi connectivity index (χ1v) is 11.5. The molecule has 0 aliphatic carbocycles. The lowest BCUT2D eigenvalue weighted by atomic mass is 10.0. The Kier molecular flexibility index (Phi) is 9.34. The van der Waals surface area contributed by atoms with Crippen LogP contribution in [0.15, 0.2) is 30.5 Å². The van der Waals surface area contributed by atoms with Gasteiger partial charge in [-0.05, 0) is 43.5 Å². The summed E-state index contributed by atoms with van der Waals surface area (Å²) in [5, 5.41) is 14.4. The van der Waals surface area contributed by atoms with Gasteiger partial charge in [0.15, 0.2) is 0 Å². The maximum atomic E-state index is 13.1. The van der Waals surface area contributed by atoms with Crippen LogP contribution in [0.2, 0.25) is 0 Å². The van der Waals surface area contributed by atoms with E-state index in [0.717, 1.165) is 0 Å². The highest BCUT2D eigenvalue weighted by molar-refractivity contribution is 5.89. The lowest BCUT2D eigenvalue weighted by molar-refractivity contribution is -0.144. The second-order valence-corrected chi connectivity index (χ2v) is 8.71. The minimum absolute atomic E-state index is 0.0212. The van der Waals surface area contributed by atoms with Crippen molar-refractivity contribution in [1.82, 2.24) is 25.2 Å². The van der Waals surface area contributed by atoms with E-state index in [1.54, 1.807) is 17.9 Å². The van der Waals surface area contributed by atoms with E-state index in [1.165, 1.54) is 29.2 Å². The molecule has 2 amide bonds. The predicted molar refractivity (Wildman–Crippen MR) is 123 cm³/mol. The second-order valence-electron chi connectivity index (χ2n) is 8.71. The molecule has 0 saturated carbocycles. The number of ether oxygens (including phenoxy) is 2. The third kappa shape index (κ3) is 8.07. The number of urea groups is 1. The van der Waals surface area contributed by atoms with Gasteiger partial charge in [-0.25, -0.2) is 9.18 Å². The van der Waals surface area contributed by atoms with Crippen LogP contribution >= 0.6 is 0 Å². The lowest BCUT2D eigenvalue weighted by Crippen LogP contribution is -2.44. The van der Waals surface area contributed by atoms with Crippen LogP contribution in [0.4, 0.5) is 14.9 Å². The van der Waals surface area contributed by atoms with E-state index in [0.29, 0.717) is 43.9 Å². The average molecular weight is 477 g/mol. The van der Waals surface area contributed by atoms with E-state index in [9.17, 15) is 14.0 Å². The largest absolute Gasteiger partial charge is 0.464 e. The Morgan fingerprint density at radius 3 is 2.85 bits per heavy atom. The van der Waals surface area contributed by atoms with Gasteiger partial charge in [0.1, 0.15) is 18.1 Å². The molecule has 0 fully saturated rings. The first-order valence-electron chi connectivity index (χ1n) is 11.5. The normalized spacial score (nSPS) is 22.6. The van der Waals surface area contributed by atoms with Crippen molar-refractivity contribution >= 4 is 17.7 Å². The van der Waals surface area contributed by atoms with E-state index in [1.807, 2.05) is 13.8 Å². The molecule has 1 aliphatic rings. The fourth-order valence-electron chi connectivity index (χ4n) is 3.46. The van der Waals surface area contributed by atoms with E-state index in [2.05, 4.69) is 20.9 Å². The fourth-order valence-corrected chi connectivity index (χ4v) is 3.46. The maximum Gasteiger partial charge on any atom is 0.321 e. The predicted octanol–water partition coefficient (Wildman–Crippen LogP) is 2.42. The van der Waals surface area contributed by atoms with E-state index in [-0.39, 0.29) is 49.1 Å². The Bertz CT molecular complexity index is 938. The molecule has 11 heteroatoms. The van der Waals surface area contributed by atoms with Crippen molar-refractivity contribution in [3.05, 3.63) is 42.0 Å². The molecule has 2 N–H and O–H groups in total. The number of fused-ring (bicyclic) bond motifs is 2. The van der Waals surface area contributed by atoms with Gasteiger partial charge in [-0.1, -0.05) is 12.1 Å². The molecule has 3 rings (SSSR count). The smallest absolute Gasteiger partial charge is 0.321 e. The van der Waals surface area contributed by atoms with Crippen molar-refractivity contribution in [3.63, 3.8) is 0 Å². The number of hydrogen-bond donors (Lipinski definition) is 2. The number of aromatic nitrogens is 3. The number of amides is 2. The third-order valence-electron chi connectivity index (χ3n) is 5.61. The minimum Gasteiger partial charge on any atom is -0.464 e. The number of carbonyl (C=O) groups is 2. The molecule has 3 atom stereocenters. The summed E-state index contributed by atoms with van der Waals surface area (Å²) in [4.78, 5) is 26.2. The highest BCUT2D eigenvalue weighted by Gasteiger charge is 2.24. The third-order valence-corrected chi connectivity index (χ3v) is 5.61. The number of hydrogen-bond acceptors (Lipinski definition) is 7. The molecular weight excluding hydrogens is 443 g/mol. The van der Waals surface area contributed by atoms with Crippen molar-refractivity contribution in [3.8, 4) is 0 Å². The molecule has 0 saturated heterocycles. The van der Waals surface area contributed by atoms with Gasteiger partial charge in [0.05, 0.1) is 18.9 Å². The molecule has 2 aromatic rings. The number of nitrogens with one attached hydrogen (secondary N) is 2. The van der Waals surface area contributed by atoms with Crippen LogP contribution < -0.4 is 10.6 Å². The summed E-state index contributed by atoms with van der Waals surface area (Å²) in [5.41, 5.74) is 1.18. The number of rotatable bonds is 3.